The minimum atomic E-state index is -0.124. The van der Waals surface area contributed by atoms with Gasteiger partial charge in [-0.3, -0.25) is 9.98 Å². The predicted octanol–water partition coefficient (Wildman–Crippen LogP) is 9.65. The molecule has 0 bridgehead atoms. The molecule has 2 rings (SSSR count). The molecule has 0 aromatic heterocycles. The molecule has 0 fully saturated rings. The largest absolute Gasteiger partial charge is 0.308 e. The molecule has 2 aromatic rings. The molecule has 218 valence electrons. The lowest BCUT2D eigenvalue weighted by atomic mass is 9.88. The second kappa shape index (κ2) is 16.2. The second-order valence-electron chi connectivity index (χ2n) is 11.5. The van der Waals surface area contributed by atoms with Crippen LogP contribution in [-0.4, -0.2) is 31.0 Å². The molecule has 0 heterocycles. The summed E-state index contributed by atoms with van der Waals surface area (Å²) in [6.45, 7) is 19.7. The van der Waals surface area contributed by atoms with E-state index in [9.17, 15) is 0 Å². The van der Waals surface area contributed by atoms with Crippen LogP contribution in [0.2, 0.25) is 5.02 Å². The highest BCUT2D eigenvalue weighted by atomic mass is 35.5. The van der Waals surface area contributed by atoms with Gasteiger partial charge in [-0.05, 0) is 84.9 Å². The number of rotatable bonds is 13. The number of nitrogens with one attached hydrogen (secondary N) is 2. The SMILES string of the molecule is C=C(C(=NC(CCCC)NNC(C)=NC)c1ccc(-c2ccc(CCC(C)(C)C)cc2Cl)cc1)/C(C)=C(/C)SC. The smallest absolute Gasteiger partial charge is 0.117 e. The molecule has 0 amide bonds. The van der Waals surface area contributed by atoms with Crippen molar-refractivity contribution in [2.24, 2.45) is 15.4 Å². The lowest BCUT2D eigenvalue weighted by Crippen LogP contribution is -2.43. The van der Waals surface area contributed by atoms with Gasteiger partial charge in [0.2, 0.25) is 0 Å². The van der Waals surface area contributed by atoms with E-state index in [1.807, 2.05) is 6.92 Å². The van der Waals surface area contributed by atoms with Crippen molar-refractivity contribution in [1.82, 2.24) is 10.9 Å². The standard InChI is InChI=1S/C34H49ClN4S/c1-11-12-13-32(39-38-26(5)36-9)37-33(24(3)23(2)25(4)40-10)29-17-15-28(16-18-29)30-19-14-27(22-31(30)35)20-21-34(6,7)8/h14-19,22,32,39H,3,11-13,20-21H2,1-2,4-10H3,(H,36,38)/b25-23-,37-33?. The van der Waals surface area contributed by atoms with Gasteiger partial charge in [0, 0.05) is 23.2 Å². The lowest BCUT2D eigenvalue weighted by Gasteiger charge is -2.20. The number of nitrogens with zero attached hydrogens (tertiary/aromatic N) is 2. The Bertz CT molecular complexity index is 1220. The molecule has 40 heavy (non-hydrogen) atoms. The van der Waals surface area contributed by atoms with Crippen molar-refractivity contribution in [3.8, 4) is 11.1 Å². The van der Waals surface area contributed by atoms with Crippen LogP contribution in [0.3, 0.4) is 0 Å². The number of unbranched alkanes of at least 4 members (excludes halogenated alkanes) is 1. The molecule has 2 N–H and O–H groups in total. The van der Waals surface area contributed by atoms with Gasteiger partial charge in [-0.1, -0.05) is 95.1 Å². The van der Waals surface area contributed by atoms with Crippen LogP contribution in [0.25, 0.3) is 11.1 Å². The van der Waals surface area contributed by atoms with Crippen molar-refractivity contribution in [3.63, 3.8) is 0 Å². The van der Waals surface area contributed by atoms with Gasteiger partial charge in [-0.15, -0.1) is 11.8 Å². The Morgan fingerprint density at radius 1 is 1.07 bits per heavy atom. The maximum atomic E-state index is 6.78. The van der Waals surface area contributed by atoms with Crippen LogP contribution in [0, 0.1) is 5.41 Å². The fourth-order valence-corrected chi connectivity index (χ4v) is 4.85. The van der Waals surface area contributed by atoms with E-state index in [2.05, 4.69) is 113 Å². The summed E-state index contributed by atoms with van der Waals surface area (Å²) in [6.07, 6.45) is 7.18. The van der Waals surface area contributed by atoms with Crippen LogP contribution < -0.4 is 10.9 Å². The third-order valence-electron chi connectivity index (χ3n) is 7.11. The number of benzene rings is 2. The van der Waals surface area contributed by atoms with Crippen molar-refractivity contribution in [1.29, 1.82) is 0 Å². The zero-order valence-electron chi connectivity index (χ0n) is 26.0. The third kappa shape index (κ3) is 10.6. The zero-order chi connectivity index (χ0) is 29.9. The molecule has 6 heteroatoms. The quantitative estimate of drug-likeness (QED) is 0.107. The summed E-state index contributed by atoms with van der Waals surface area (Å²) in [4.78, 5) is 10.7. The van der Waals surface area contributed by atoms with Gasteiger partial charge in [0.1, 0.15) is 12.0 Å². The van der Waals surface area contributed by atoms with E-state index < -0.39 is 0 Å². The maximum Gasteiger partial charge on any atom is 0.117 e. The number of hydrazine groups is 1. The predicted molar refractivity (Wildman–Crippen MR) is 181 cm³/mol. The zero-order valence-corrected chi connectivity index (χ0v) is 27.6. The van der Waals surface area contributed by atoms with E-state index in [4.69, 9.17) is 16.6 Å². The number of thioether (sulfide) groups is 1. The summed E-state index contributed by atoms with van der Waals surface area (Å²) in [5.74, 6) is 0.817. The minimum absolute atomic E-state index is 0.124. The van der Waals surface area contributed by atoms with Gasteiger partial charge in [-0.25, -0.2) is 5.43 Å². The van der Waals surface area contributed by atoms with Crippen molar-refractivity contribution in [3.05, 3.63) is 81.2 Å². The highest BCUT2D eigenvalue weighted by Crippen LogP contribution is 2.32. The monoisotopic (exact) mass is 580 g/mol. The van der Waals surface area contributed by atoms with Crippen LogP contribution in [0.15, 0.2) is 75.1 Å². The van der Waals surface area contributed by atoms with E-state index >= 15 is 0 Å². The summed E-state index contributed by atoms with van der Waals surface area (Å²) in [5.41, 5.74) is 14.3. The van der Waals surface area contributed by atoms with Crippen LogP contribution in [0.1, 0.15) is 85.3 Å². The number of allylic oxidation sites excluding steroid dienone is 3. The maximum absolute atomic E-state index is 6.78. The number of halogens is 1. The van der Waals surface area contributed by atoms with E-state index in [1.54, 1.807) is 18.8 Å². The molecular formula is C34H49ClN4S. The number of amidine groups is 1. The third-order valence-corrected chi connectivity index (χ3v) is 8.34. The first kappa shape index (κ1) is 33.9. The number of aryl methyl sites for hydroxylation is 1. The van der Waals surface area contributed by atoms with Gasteiger partial charge in [0.15, 0.2) is 0 Å². The van der Waals surface area contributed by atoms with Gasteiger partial charge in [-0.2, -0.15) is 0 Å². The molecular weight excluding hydrogens is 532 g/mol. The number of aliphatic imine (C=N–C) groups is 2. The van der Waals surface area contributed by atoms with E-state index in [0.717, 1.165) is 76.5 Å². The average molecular weight is 581 g/mol. The Kier molecular flexibility index (Phi) is 13.7. The number of hydrogen-bond donors (Lipinski definition) is 2. The molecule has 0 saturated heterocycles. The average Bonchev–Trinajstić information content (AvgIpc) is 2.94. The first-order valence-electron chi connectivity index (χ1n) is 14.2. The fourth-order valence-electron chi connectivity index (χ4n) is 4.11. The second-order valence-corrected chi connectivity index (χ2v) is 13.0. The summed E-state index contributed by atoms with van der Waals surface area (Å²) in [5, 5.41) is 0.787. The van der Waals surface area contributed by atoms with Gasteiger partial charge >= 0.3 is 0 Å². The van der Waals surface area contributed by atoms with Crippen LogP contribution in [-0.2, 0) is 6.42 Å². The minimum Gasteiger partial charge on any atom is -0.308 e. The van der Waals surface area contributed by atoms with Crippen LogP contribution >= 0.6 is 23.4 Å². The normalized spacial score (nSPS) is 14.2. The molecule has 4 nitrogen and oxygen atoms in total. The Labute approximate surface area is 252 Å². The van der Waals surface area contributed by atoms with Crippen LogP contribution in [0.4, 0.5) is 0 Å². The van der Waals surface area contributed by atoms with Crippen molar-refractivity contribution < 1.29 is 0 Å². The first-order valence-corrected chi connectivity index (χ1v) is 15.8. The topological polar surface area (TPSA) is 48.8 Å². The molecule has 0 aliphatic rings. The van der Waals surface area contributed by atoms with E-state index in [-0.39, 0.29) is 6.17 Å². The summed E-state index contributed by atoms with van der Waals surface area (Å²) in [6, 6.07) is 15.0. The molecule has 2 aromatic carbocycles. The van der Waals surface area contributed by atoms with Gasteiger partial charge < -0.3 is 5.43 Å². The Morgan fingerprint density at radius 2 is 1.75 bits per heavy atom. The molecule has 0 radical (unpaired) electrons. The summed E-state index contributed by atoms with van der Waals surface area (Å²) in [7, 11) is 1.77. The summed E-state index contributed by atoms with van der Waals surface area (Å²) < 4.78 is 0. The van der Waals surface area contributed by atoms with Crippen molar-refractivity contribution >= 4 is 34.9 Å². The molecule has 0 aliphatic heterocycles. The Morgan fingerprint density at radius 3 is 2.30 bits per heavy atom. The molecule has 0 spiro atoms. The van der Waals surface area contributed by atoms with Crippen LogP contribution in [0.5, 0.6) is 0 Å². The van der Waals surface area contributed by atoms with E-state index in [1.165, 1.54) is 10.5 Å². The molecule has 0 saturated carbocycles. The molecule has 1 atom stereocenters. The first-order chi connectivity index (χ1) is 18.9. The highest BCUT2D eigenvalue weighted by Gasteiger charge is 2.17. The van der Waals surface area contributed by atoms with E-state index in [0.29, 0.717) is 5.41 Å². The molecule has 1 unspecified atom stereocenters. The Hall–Kier alpha value is -2.34. The fraction of sp³-hybridized carbons (Fsp3) is 0.471. The lowest BCUT2D eigenvalue weighted by molar-refractivity contribution is 0.378. The highest BCUT2D eigenvalue weighted by molar-refractivity contribution is 8.02. The van der Waals surface area contributed by atoms with Gasteiger partial charge in [0.25, 0.3) is 0 Å². The number of hydrogen-bond acceptors (Lipinski definition) is 4. The summed E-state index contributed by atoms with van der Waals surface area (Å²) >= 11 is 8.51. The van der Waals surface area contributed by atoms with Crippen molar-refractivity contribution in [2.45, 2.75) is 86.7 Å². The molecule has 0 aliphatic carbocycles. The van der Waals surface area contributed by atoms with Gasteiger partial charge in [0.05, 0.1) is 5.71 Å². The Balaban J connectivity index is 2.46. The van der Waals surface area contributed by atoms with Crippen molar-refractivity contribution in [2.75, 3.05) is 13.3 Å².